The number of ether oxygens (including phenoxy) is 3. The van der Waals surface area contributed by atoms with Gasteiger partial charge in [-0.1, -0.05) is 91.0 Å². The highest BCUT2D eigenvalue weighted by molar-refractivity contribution is 8.00. The lowest BCUT2D eigenvalue weighted by Gasteiger charge is -2.43. The van der Waals surface area contributed by atoms with Crippen molar-refractivity contribution in [1.29, 1.82) is 0 Å². The van der Waals surface area contributed by atoms with Gasteiger partial charge in [0.15, 0.2) is 12.4 Å². The zero-order valence-corrected chi connectivity index (χ0v) is 29.6. The molecule has 2 amide bonds. The van der Waals surface area contributed by atoms with Crippen molar-refractivity contribution in [3.63, 3.8) is 0 Å². The summed E-state index contributed by atoms with van der Waals surface area (Å²) in [6.45, 7) is 4.12. The van der Waals surface area contributed by atoms with E-state index in [0.29, 0.717) is 0 Å². The third-order valence-electron chi connectivity index (χ3n) is 8.14. The van der Waals surface area contributed by atoms with Crippen molar-refractivity contribution in [2.75, 3.05) is 12.4 Å². The Morgan fingerprint density at radius 3 is 1.75 bits per heavy atom. The van der Waals surface area contributed by atoms with Crippen LogP contribution in [0.15, 0.2) is 91.0 Å². The van der Waals surface area contributed by atoms with Gasteiger partial charge in [0, 0.05) is 5.75 Å². The highest BCUT2D eigenvalue weighted by Crippen LogP contribution is 2.48. The Bertz CT molecular complexity index is 1540. The van der Waals surface area contributed by atoms with Crippen LogP contribution in [0.5, 0.6) is 0 Å². The molecule has 0 radical (unpaired) electrons. The predicted octanol–water partition coefficient (Wildman–Crippen LogP) is 2.47. The van der Waals surface area contributed by atoms with Crippen LogP contribution in [0, 0.1) is 0 Å². The molecule has 1 aliphatic rings. The van der Waals surface area contributed by atoms with E-state index in [9.17, 15) is 44.7 Å². The van der Waals surface area contributed by atoms with E-state index in [2.05, 4.69) is 10.6 Å². The summed E-state index contributed by atoms with van der Waals surface area (Å²) in [6, 6.07) is 25.7. The lowest BCUT2D eigenvalue weighted by atomic mass is 9.84. The standard InChI is InChI=1S/C37H44N2O12S/c1-36(2,3)51-35(48)38-25(32(45)39-29-31(44)30(43)27(20-40)50-34(29)49-26(33(46)47)19-28(41)42)21-52-37(22-13-7-4-8-14-22,23-15-9-5-10-16-23)24-17-11-6-12-18-24/h4-18,25-27,29-31,34,40,43-44H,19-21H2,1-3H3,(H,38,48)(H,39,45)(H,41,42)(H,46,47)/t25-,26-,27+,29+,30+,31+,34-/m0/s1. The number of aliphatic hydroxyl groups excluding tert-OH is 3. The number of amides is 2. The summed E-state index contributed by atoms with van der Waals surface area (Å²) in [5, 5.41) is 55.5. The summed E-state index contributed by atoms with van der Waals surface area (Å²) in [5.41, 5.74) is 1.67. The molecule has 1 aliphatic heterocycles. The van der Waals surface area contributed by atoms with Crippen LogP contribution in [0.2, 0.25) is 0 Å². The number of carbonyl (C=O) groups excluding carboxylic acids is 2. The molecular formula is C37H44N2O12S. The molecule has 15 heteroatoms. The summed E-state index contributed by atoms with van der Waals surface area (Å²) in [7, 11) is 0. The van der Waals surface area contributed by atoms with E-state index < -0.39 is 90.1 Å². The van der Waals surface area contributed by atoms with Crippen molar-refractivity contribution in [3.05, 3.63) is 108 Å². The largest absolute Gasteiger partial charge is 0.481 e. The van der Waals surface area contributed by atoms with Crippen LogP contribution in [-0.2, 0) is 33.3 Å². The SMILES string of the molecule is CC(C)(C)OC(=O)N[C@@H](CSC(c1ccccc1)(c1ccccc1)c1ccccc1)C(=O)N[C@H]1[C@@H](O[C@@H](CC(=O)O)C(=O)O)O[C@H](CO)[C@@H](O)[C@@H]1O. The zero-order valence-electron chi connectivity index (χ0n) is 28.8. The number of nitrogens with one attached hydrogen (secondary N) is 2. The van der Waals surface area contributed by atoms with Crippen LogP contribution in [0.3, 0.4) is 0 Å². The maximum Gasteiger partial charge on any atom is 0.408 e. The second-order valence-corrected chi connectivity index (χ2v) is 14.3. The maximum absolute atomic E-state index is 14.2. The summed E-state index contributed by atoms with van der Waals surface area (Å²) in [6.07, 6.45) is -10.9. The number of hydrogen-bond acceptors (Lipinski definition) is 11. The number of hydrogen-bond donors (Lipinski definition) is 7. The van der Waals surface area contributed by atoms with E-state index in [1.54, 1.807) is 20.8 Å². The Hall–Kier alpha value is -4.51. The van der Waals surface area contributed by atoms with Crippen molar-refractivity contribution >= 4 is 35.7 Å². The van der Waals surface area contributed by atoms with Gasteiger partial charge in [-0.25, -0.2) is 9.59 Å². The quantitative estimate of drug-likeness (QED) is 0.112. The molecule has 0 aliphatic carbocycles. The molecule has 4 rings (SSSR count). The molecule has 7 atom stereocenters. The number of carboxylic acid groups (broad SMARTS) is 2. The minimum atomic E-state index is -1.99. The molecule has 7 N–H and O–H groups in total. The highest BCUT2D eigenvalue weighted by Gasteiger charge is 2.48. The number of carboxylic acids is 2. The fourth-order valence-corrected chi connectivity index (χ4v) is 7.30. The van der Waals surface area contributed by atoms with Gasteiger partial charge in [0.1, 0.15) is 36.0 Å². The van der Waals surface area contributed by atoms with Crippen LogP contribution in [0.25, 0.3) is 0 Å². The molecule has 0 unspecified atom stereocenters. The van der Waals surface area contributed by atoms with Crippen molar-refractivity contribution in [2.45, 2.75) is 80.3 Å². The minimum absolute atomic E-state index is 0.0997. The summed E-state index contributed by atoms with van der Waals surface area (Å²) in [5.74, 6) is -4.18. The lowest BCUT2D eigenvalue weighted by Crippen LogP contribution is -2.67. The van der Waals surface area contributed by atoms with Gasteiger partial charge < -0.3 is 50.4 Å². The Kier molecular flexibility index (Phi) is 13.8. The first-order valence-corrected chi connectivity index (χ1v) is 17.5. The summed E-state index contributed by atoms with van der Waals surface area (Å²) >= 11 is 1.33. The maximum atomic E-state index is 14.2. The van der Waals surface area contributed by atoms with Crippen molar-refractivity contribution < 1.29 is 58.9 Å². The van der Waals surface area contributed by atoms with Gasteiger partial charge in [-0.05, 0) is 37.5 Å². The molecule has 0 spiro atoms. The molecule has 0 saturated carbocycles. The topological polar surface area (TPSA) is 221 Å². The number of thioether (sulfide) groups is 1. The van der Waals surface area contributed by atoms with Gasteiger partial charge in [0.2, 0.25) is 5.91 Å². The molecule has 3 aromatic carbocycles. The second kappa shape index (κ2) is 17.8. The van der Waals surface area contributed by atoms with Crippen LogP contribution in [-0.4, -0.2) is 110 Å². The average molecular weight is 741 g/mol. The summed E-state index contributed by atoms with van der Waals surface area (Å²) in [4.78, 5) is 50.6. The van der Waals surface area contributed by atoms with Crippen molar-refractivity contribution in [1.82, 2.24) is 10.6 Å². The van der Waals surface area contributed by atoms with Crippen LogP contribution in [0.1, 0.15) is 43.9 Å². The van der Waals surface area contributed by atoms with Gasteiger partial charge in [-0.3, -0.25) is 9.59 Å². The molecule has 0 bridgehead atoms. The molecule has 280 valence electrons. The normalized spacial score (nSPS) is 21.7. The second-order valence-electron chi connectivity index (χ2n) is 13.1. The molecule has 1 saturated heterocycles. The fourth-order valence-electron chi connectivity index (χ4n) is 5.74. The Morgan fingerprint density at radius 2 is 1.33 bits per heavy atom. The molecular weight excluding hydrogens is 696 g/mol. The monoisotopic (exact) mass is 740 g/mol. The molecule has 52 heavy (non-hydrogen) atoms. The number of benzene rings is 3. The van der Waals surface area contributed by atoms with Crippen molar-refractivity contribution in [2.24, 2.45) is 0 Å². The van der Waals surface area contributed by atoms with Gasteiger partial charge in [0.25, 0.3) is 0 Å². The average Bonchev–Trinajstić information content (AvgIpc) is 3.11. The number of alkyl carbamates (subject to hydrolysis) is 1. The third-order valence-corrected chi connectivity index (χ3v) is 9.78. The Labute approximate surface area is 305 Å². The number of rotatable bonds is 15. The van der Waals surface area contributed by atoms with E-state index in [1.165, 1.54) is 11.8 Å². The van der Waals surface area contributed by atoms with E-state index in [0.717, 1.165) is 16.7 Å². The van der Waals surface area contributed by atoms with Gasteiger partial charge in [-0.2, -0.15) is 0 Å². The Balaban J connectivity index is 1.74. The van der Waals surface area contributed by atoms with Crippen molar-refractivity contribution in [3.8, 4) is 0 Å². The van der Waals surface area contributed by atoms with Gasteiger partial charge in [0.05, 0.1) is 17.8 Å². The molecule has 0 aromatic heterocycles. The number of carbonyl (C=O) groups is 4. The van der Waals surface area contributed by atoms with E-state index in [-0.39, 0.29) is 5.75 Å². The highest BCUT2D eigenvalue weighted by atomic mass is 32.2. The number of aliphatic carboxylic acids is 2. The van der Waals surface area contributed by atoms with Gasteiger partial charge in [-0.15, -0.1) is 11.8 Å². The molecule has 3 aromatic rings. The minimum Gasteiger partial charge on any atom is -0.481 e. The third kappa shape index (κ3) is 10.1. The van der Waals surface area contributed by atoms with Crippen LogP contribution >= 0.6 is 11.8 Å². The van der Waals surface area contributed by atoms with E-state index in [1.807, 2.05) is 91.0 Å². The first kappa shape index (κ1) is 40.3. The predicted molar refractivity (Wildman–Crippen MR) is 189 cm³/mol. The van der Waals surface area contributed by atoms with E-state index in [4.69, 9.17) is 14.2 Å². The zero-order chi connectivity index (χ0) is 38.1. The van der Waals surface area contributed by atoms with Crippen LogP contribution < -0.4 is 10.6 Å². The first-order valence-electron chi connectivity index (χ1n) is 16.5. The fraction of sp³-hybridized carbons (Fsp3) is 0.405. The molecule has 14 nitrogen and oxygen atoms in total. The molecule has 1 heterocycles. The van der Waals surface area contributed by atoms with Gasteiger partial charge >= 0.3 is 18.0 Å². The van der Waals surface area contributed by atoms with Crippen LogP contribution in [0.4, 0.5) is 4.79 Å². The molecule has 1 fully saturated rings. The lowest BCUT2D eigenvalue weighted by molar-refractivity contribution is -0.281. The number of aliphatic hydroxyl groups is 3. The Morgan fingerprint density at radius 1 is 0.827 bits per heavy atom. The summed E-state index contributed by atoms with van der Waals surface area (Å²) < 4.78 is 15.5. The smallest absolute Gasteiger partial charge is 0.408 e. The first-order chi connectivity index (χ1) is 24.7. The van der Waals surface area contributed by atoms with E-state index >= 15 is 0 Å².